The van der Waals surface area contributed by atoms with E-state index in [4.69, 9.17) is 0 Å². The summed E-state index contributed by atoms with van der Waals surface area (Å²) in [4.78, 5) is 9.04. The van der Waals surface area contributed by atoms with Gasteiger partial charge in [0.15, 0.2) is 0 Å². The Morgan fingerprint density at radius 2 is 1.64 bits per heavy atom. The maximum Gasteiger partial charge on any atom is 0.224 e. The minimum Gasteiger partial charge on any atom is -0.354 e. The van der Waals surface area contributed by atoms with Crippen molar-refractivity contribution in [3.63, 3.8) is 0 Å². The van der Waals surface area contributed by atoms with Gasteiger partial charge in [0.2, 0.25) is 5.95 Å². The van der Waals surface area contributed by atoms with Gasteiger partial charge in [-0.05, 0) is 43.0 Å². The fraction of sp³-hybridized carbons (Fsp3) is 0.238. The van der Waals surface area contributed by atoms with E-state index in [0.29, 0.717) is 5.95 Å². The summed E-state index contributed by atoms with van der Waals surface area (Å²) in [6, 6.07) is 20.8. The molecule has 0 bridgehead atoms. The second-order valence-electron chi connectivity index (χ2n) is 6.06. The lowest BCUT2D eigenvalue weighted by atomic mass is 10.1. The van der Waals surface area contributed by atoms with Crippen molar-refractivity contribution in [1.29, 1.82) is 0 Å². The Labute approximate surface area is 149 Å². The normalized spacial score (nSPS) is 10.5. The first-order chi connectivity index (χ1) is 12.2. The van der Waals surface area contributed by atoms with Crippen LogP contribution in [0.2, 0.25) is 0 Å². The Bertz CT molecular complexity index is 798. The fourth-order valence-corrected chi connectivity index (χ4v) is 2.65. The molecule has 0 aliphatic rings. The van der Waals surface area contributed by atoms with Crippen LogP contribution >= 0.6 is 0 Å². The molecule has 4 heteroatoms. The molecule has 0 radical (unpaired) electrons. The molecule has 128 valence electrons. The van der Waals surface area contributed by atoms with Crippen molar-refractivity contribution in [2.75, 3.05) is 17.2 Å². The van der Waals surface area contributed by atoms with Crippen LogP contribution in [0, 0.1) is 6.92 Å². The molecule has 3 aromatic rings. The number of nitrogens with one attached hydrogen (secondary N) is 2. The third-order valence-corrected chi connectivity index (χ3v) is 4.03. The molecule has 0 saturated carbocycles. The number of aromatic nitrogens is 2. The summed E-state index contributed by atoms with van der Waals surface area (Å²) in [6.45, 7) is 4.94. The highest BCUT2D eigenvalue weighted by Crippen LogP contribution is 2.17. The van der Waals surface area contributed by atoms with E-state index in [0.717, 1.165) is 36.6 Å². The van der Waals surface area contributed by atoms with Gasteiger partial charge in [0.05, 0.1) is 0 Å². The maximum absolute atomic E-state index is 4.57. The zero-order valence-electron chi connectivity index (χ0n) is 14.8. The van der Waals surface area contributed by atoms with Crippen molar-refractivity contribution in [2.45, 2.75) is 26.7 Å². The summed E-state index contributed by atoms with van der Waals surface area (Å²) in [5.74, 6) is 1.46. The lowest BCUT2D eigenvalue weighted by Crippen LogP contribution is -2.09. The molecule has 1 aromatic heterocycles. The lowest BCUT2D eigenvalue weighted by molar-refractivity contribution is 0.976. The van der Waals surface area contributed by atoms with Gasteiger partial charge in [0, 0.05) is 24.0 Å². The van der Waals surface area contributed by atoms with E-state index in [1.807, 2.05) is 19.1 Å². The Balaban J connectivity index is 1.63. The van der Waals surface area contributed by atoms with Crippen molar-refractivity contribution in [3.05, 3.63) is 77.5 Å². The van der Waals surface area contributed by atoms with Crippen LogP contribution in [0.25, 0.3) is 0 Å². The van der Waals surface area contributed by atoms with Gasteiger partial charge in [0.1, 0.15) is 5.82 Å². The maximum atomic E-state index is 4.57. The number of hydrogen-bond acceptors (Lipinski definition) is 4. The van der Waals surface area contributed by atoms with Gasteiger partial charge in [-0.25, -0.2) is 4.98 Å². The van der Waals surface area contributed by atoms with Crippen LogP contribution in [0.1, 0.15) is 23.7 Å². The number of nitrogens with zero attached hydrogens (tertiary/aromatic N) is 2. The van der Waals surface area contributed by atoms with E-state index < -0.39 is 0 Å². The number of benzene rings is 2. The molecular formula is C21H24N4. The monoisotopic (exact) mass is 332 g/mol. The van der Waals surface area contributed by atoms with E-state index in [-0.39, 0.29) is 0 Å². The SMILES string of the molecule is CCc1ccc(Nc2cc(C)nc(NCCc3ccccc3)n2)cc1. The van der Waals surface area contributed by atoms with E-state index in [2.05, 4.69) is 76.1 Å². The van der Waals surface area contributed by atoms with Crippen molar-refractivity contribution < 1.29 is 0 Å². The third kappa shape index (κ3) is 5.05. The number of hydrogen-bond donors (Lipinski definition) is 2. The molecular weight excluding hydrogens is 308 g/mol. The van der Waals surface area contributed by atoms with Crippen molar-refractivity contribution in [2.24, 2.45) is 0 Å². The summed E-state index contributed by atoms with van der Waals surface area (Å²) in [5.41, 5.74) is 4.60. The molecule has 0 spiro atoms. The Kier molecular flexibility index (Phi) is 5.62. The van der Waals surface area contributed by atoms with Gasteiger partial charge in [-0.15, -0.1) is 0 Å². The van der Waals surface area contributed by atoms with Crippen LogP contribution in [0.3, 0.4) is 0 Å². The number of aryl methyl sites for hydroxylation is 2. The molecule has 2 aromatic carbocycles. The van der Waals surface area contributed by atoms with Gasteiger partial charge in [0.25, 0.3) is 0 Å². The molecule has 1 heterocycles. The topological polar surface area (TPSA) is 49.8 Å². The third-order valence-electron chi connectivity index (χ3n) is 4.03. The Morgan fingerprint density at radius 1 is 0.880 bits per heavy atom. The van der Waals surface area contributed by atoms with Gasteiger partial charge in [-0.1, -0.05) is 49.4 Å². The van der Waals surface area contributed by atoms with Crippen LogP contribution in [0.15, 0.2) is 60.7 Å². The Hall–Kier alpha value is -2.88. The minimum atomic E-state index is 0.656. The van der Waals surface area contributed by atoms with Crippen molar-refractivity contribution in [1.82, 2.24) is 9.97 Å². The molecule has 2 N–H and O–H groups in total. The summed E-state index contributed by atoms with van der Waals surface area (Å²) >= 11 is 0. The molecule has 0 aliphatic carbocycles. The standard InChI is InChI=1S/C21H24N4/c1-3-17-9-11-19(12-10-17)24-20-15-16(2)23-21(25-20)22-14-13-18-7-5-4-6-8-18/h4-12,15H,3,13-14H2,1-2H3,(H2,22,23,24,25). The lowest BCUT2D eigenvalue weighted by Gasteiger charge is -2.10. The molecule has 0 fully saturated rings. The highest BCUT2D eigenvalue weighted by Gasteiger charge is 2.03. The van der Waals surface area contributed by atoms with E-state index in [9.17, 15) is 0 Å². The average Bonchev–Trinajstić information content (AvgIpc) is 2.63. The molecule has 0 atom stereocenters. The zero-order valence-corrected chi connectivity index (χ0v) is 14.8. The molecule has 3 rings (SSSR count). The fourth-order valence-electron chi connectivity index (χ4n) is 2.65. The first-order valence-electron chi connectivity index (χ1n) is 8.72. The predicted molar refractivity (Wildman–Crippen MR) is 105 cm³/mol. The molecule has 0 aliphatic heterocycles. The molecule has 0 saturated heterocycles. The molecule has 25 heavy (non-hydrogen) atoms. The molecule has 0 unspecified atom stereocenters. The van der Waals surface area contributed by atoms with Gasteiger partial charge >= 0.3 is 0 Å². The summed E-state index contributed by atoms with van der Waals surface area (Å²) < 4.78 is 0. The van der Waals surface area contributed by atoms with Crippen LogP contribution in [0.4, 0.5) is 17.5 Å². The first-order valence-corrected chi connectivity index (χ1v) is 8.72. The second-order valence-corrected chi connectivity index (χ2v) is 6.06. The van der Waals surface area contributed by atoms with Crippen LogP contribution in [0.5, 0.6) is 0 Å². The first kappa shape index (κ1) is 17.0. The van der Waals surface area contributed by atoms with Gasteiger partial charge < -0.3 is 10.6 Å². The minimum absolute atomic E-state index is 0.656. The van der Waals surface area contributed by atoms with E-state index in [1.54, 1.807) is 0 Å². The van der Waals surface area contributed by atoms with Gasteiger partial charge in [-0.2, -0.15) is 4.98 Å². The van der Waals surface area contributed by atoms with Crippen LogP contribution in [-0.2, 0) is 12.8 Å². The Morgan fingerprint density at radius 3 is 2.36 bits per heavy atom. The van der Waals surface area contributed by atoms with Crippen LogP contribution < -0.4 is 10.6 Å². The summed E-state index contributed by atoms with van der Waals surface area (Å²) in [5, 5.41) is 6.67. The van der Waals surface area contributed by atoms with Crippen molar-refractivity contribution >= 4 is 17.5 Å². The molecule has 0 amide bonds. The van der Waals surface area contributed by atoms with E-state index in [1.165, 1.54) is 11.1 Å². The summed E-state index contributed by atoms with van der Waals surface area (Å²) in [6.07, 6.45) is 1.99. The smallest absolute Gasteiger partial charge is 0.224 e. The zero-order chi connectivity index (χ0) is 17.5. The average molecular weight is 332 g/mol. The molecule has 4 nitrogen and oxygen atoms in total. The largest absolute Gasteiger partial charge is 0.354 e. The highest BCUT2D eigenvalue weighted by molar-refractivity contribution is 5.57. The van der Waals surface area contributed by atoms with E-state index >= 15 is 0 Å². The quantitative estimate of drug-likeness (QED) is 0.656. The second kappa shape index (κ2) is 8.29. The van der Waals surface area contributed by atoms with Crippen molar-refractivity contribution in [3.8, 4) is 0 Å². The highest BCUT2D eigenvalue weighted by atomic mass is 15.1. The summed E-state index contributed by atoms with van der Waals surface area (Å²) in [7, 11) is 0. The number of anilines is 3. The van der Waals surface area contributed by atoms with Gasteiger partial charge in [-0.3, -0.25) is 0 Å². The number of rotatable bonds is 7. The predicted octanol–water partition coefficient (Wildman–Crippen LogP) is 4.75. The van der Waals surface area contributed by atoms with Crippen LogP contribution in [-0.4, -0.2) is 16.5 Å².